The summed E-state index contributed by atoms with van der Waals surface area (Å²) in [5.74, 6) is -3.94. The van der Waals surface area contributed by atoms with Gasteiger partial charge in [-0.25, -0.2) is 0 Å². The van der Waals surface area contributed by atoms with Crippen molar-refractivity contribution in [2.75, 3.05) is 0 Å². The van der Waals surface area contributed by atoms with Crippen LogP contribution in [0.1, 0.15) is 80.3 Å². The monoisotopic (exact) mass is 487 g/mol. The Morgan fingerprint density at radius 2 is 1.59 bits per heavy atom. The maximum Gasteiger partial charge on any atom is 0.295 e. The van der Waals surface area contributed by atoms with E-state index in [1.165, 1.54) is 6.08 Å². The minimum atomic E-state index is -3.29. The lowest BCUT2D eigenvalue weighted by molar-refractivity contribution is -0.0627. The van der Waals surface area contributed by atoms with Gasteiger partial charge in [-0.2, -0.15) is 8.78 Å². The molecule has 2 aromatic rings. The van der Waals surface area contributed by atoms with Gasteiger partial charge in [-0.05, 0) is 59.3 Å². The first-order valence-corrected chi connectivity index (χ1v) is 14.6. The van der Waals surface area contributed by atoms with E-state index < -0.39 is 26.3 Å². The first kappa shape index (κ1) is 27.9. The number of primary amides is 1. The Morgan fingerprint density at radius 3 is 2.06 bits per heavy atom. The largest absolute Gasteiger partial charge is 0.404 e. The number of hydrogen-bond donors (Lipinski definition) is 1. The van der Waals surface area contributed by atoms with E-state index in [-0.39, 0.29) is 11.0 Å². The van der Waals surface area contributed by atoms with Crippen molar-refractivity contribution < 1.29 is 18.0 Å². The zero-order valence-corrected chi connectivity index (χ0v) is 22.5. The molecule has 34 heavy (non-hydrogen) atoms. The summed E-state index contributed by atoms with van der Waals surface area (Å²) in [5, 5.41) is 0. The Balaban J connectivity index is 2.57. The SMILES string of the molecule is CC[Si](CC)(CC)OC(c1ccc(C)cc1)C(F)(F)/C=C/c1cc(C(C)(C)C)ccc1C(N)=O. The third-order valence-corrected chi connectivity index (χ3v) is 11.3. The fourth-order valence-electron chi connectivity index (χ4n) is 4.04. The second-order valence-corrected chi connectivity index (χ2v) is 14.8. The van der Waals surface area contributed by atoms with Crippen molar-refractivity contribution in [3.05, 3.63) is 76.4 Å². The van der Waals surface area contributed by atoms with Crippen molar-refractivity contribution >= 4 is 20.3 Å². The minimum Gasteiger partial charge on any atom is -0.404 e. The number of hydrogen-bond acceptors (Lipinski definition) is 2. The zero-order chi connectivity index (χ0) is 25.7. The number of aryl methyl sites for hydroxylation is 1. The second kappa shape index (κ2) is 11.0. The standard InChI is InChI=1S/C28H39F2NO2Si/c1-8-34(9-2,10-3)33-25(21-13-11-20(4)12-14-21)28(29,30)18-17-22-19-23(27(5,6)7)15-16-24(22)26(31)32/h11-19,25H,8-10H2,1-7H3,(H2,31,32)/b18-17+. The summed E-state index contributed by atoms with van der Waals surface area (Å²) in [6, 6.07) is 14.6. The summed E-state index contributed by atoms with van der Waals surface area (Å²) in [6.45, 7) is 14.1. The molecule has 0 bridgehead atoms. The lowest BCUT2D eigenvalue weighted by Gasteiger charge is -2.36. The van der Waals surface area contributed by atoms with Gasteiger partial charge in [-0.3, -0.25) is 4.79 Å². The molecule has 1 amide bonds. The molecule has 0 aliphatic carbocycles. The van der Waals surface area contributed by atoms with Crippen LogP contribution in [0.2, 0.25) is 18.1 Å². The fraction of sp³-hybridized carbons (Fsp3) is 0.464. The predicted molar refractivity (Wildman–Crippen MR) is 140 cm³/mol. The third-order valence-electron chi connectivity index (χ3n) is 6.70. The van der Waals surface area contributed by atoms with Crippen LogP contribution in [0.15, 0.2) is 48.5 Å². The number of benzene rings is 2. The summed E-state index contributed by atoms with van der Waals surface area (Å²) in [7, 11) is -2.35. The van der Waals surface area contributed by atoms with Crippen molar-refractivity contribution in [1.29, 1.82) is 0 Å². The Hall–Kier alpha value is -2.31. The van der Waals surface area contributed by atoms with E-state index in [2.05, 4.69) is 0 Å². The van der Waals surface area contributed by atoms with Crippen LogP contribution >= 0.6 is 0 Å². The molecule has 3 nitrogen and oxygen atoms in total. The molecule has 0 heterocycles. The average Bonchev–Trinajstić information content (AvgIpc) is 2.79. The number of rotatable bonds is 10. The van der Waals surface area contributed by atoms with E-state index in [0.717, 1.165) is 35.3 Å². The molecule has 0 radical (unpaired) electrons. The Labute approximate surface area is 204 Å². The first-order chi connectivity index (χ1) is 15.8. The Bertz CT molecular complexity index is 998. The molecule has 1 unspecified atom stereocenters. The van der Waals surface area contributed by atoms with Gasteiger partial charge in [-0.15, -0.1) is 0 Å². The summed E-state index contributed by atoms with van der Waals surface area (Å²) >= 11 is 0. The molecule has 1 atom stereocenters. The molecule has 2 rings (SSSR count). The lowest BCUT2D eigenvalue weighted by atomic mass is 9.85. The molecular formula is C28H39F2NO2Si. The van der Waals surface area contributed by atoms with E-state index in [4.69, 9.17) is 10.2 Å². The highest BCUT2D eigenvalue weighted by Gasteiger charge is 2.44. The van der Waals surface area contributed by atoms with Crippen molar-refractivity contribution in [1.82, 2.24) is 0 Å². The molecule has 0 spiro atoms. The number of carbonyl (C=O) groups excluding carboxylic acids is 1. The molecule has 0 fully saturated rings. The van der Waals surface area contributed by atoms with Crippen molar-refractivity contribution in [2.24, 2.45) is 5.73 Å². The molecular weight excluding hydrogens is 448 g/mol. The van der Waals surface area contributed by atoms with Gasteiger partial charge in [0.1, 0.15) is 6.10 Å². The lowest BCUT2D eigenvalue weighted by Crippen LogP contribution is -2.41. The topological polar surface area (TPSA) is 52.3 Å². The number of carbonyl (C=O) groups is 1. The molecule has 0 aromatic heterocycles. The highest BCUT2D eigenvalue weighted by Crippen LogP contribution is 2.41. The van der Waals surface area contributed by atoms with Crippen LogP contribution in [-0.2, 0) is 9.84 Å². The Kier molecular flexibility index (Phi) is 9.00. The van der Waals surface area contributed by atoms with E-state index in [1.54, 1.807) is 24.3 Å². The van der Waals surface area contributed by atoms with Gasteiger partial charge in [0, 0.05) is 5.56 Å². The first-order valence-electron chi connectivity index (χ1n) is 12.0. The van der Waals surface area contributed by atoms with E-state index in [0.29, 0.717) is 11.1 Å². The van der Waals surface area contributed by atoms with Gasteiger partial charge in [0.05, 0.1) is 0 Å². The molecule has 0 aliphatic heterocycles. The highest BCUT2D eigenvalue weighted by atomic mass is 28.4. The van der Waals surface area contributed by atoms with Crippen molar-refractivity contribution in [2.45, 2.75) is 84.0 Å². The van der Waals surface area contributed by atoms with Gasteiger partial charge in [0.25, 0.3) is 5.92 Å². The van der Waals surface area contributed by atoms with Crippen molar-refractivity contribution in [3.63, 3.8) is 0 Å². The normalized spacial score (nSPS) is 13.9. The van der Waals surface area contributed by atoms with Crippen LogP contribution < -0.4 is 5.73 Å². The van der Waals surface area contributed by atoms with Gasteiger partial charge >= 0.3 is 0 Å². The number of nitrogens with two attached hydrogens (primary N) is 1. The van der Waals surface area contributed by atoms with Gasteiger partial charge in [0.15, 0.2) is 8.32 Å². The maximum atomic E-state index is 15.9. The van der Waals surface area contributed by atoms with E-state index in [9.17, 15) is 4.79 Å². The third kappa shape index (κ3) is 6.63. The van der Waals surface area contributed by atoms with Crippen molar-refractivity contribution in [3.8, 4) is 0 Å². The van der Waals surface area contributed by atoms with Crippen LogP contribution in [0.3, 0.4) is 0 Å². The molecule has 2 aromatic carbocycles. The second-order valence-electron chi connectivity index (χ2n) is 10.1. The quantitative estimate of drug-likeness (QED) is 0.348. The summed E-state index contributed by atoms with van der Waals surface area (Å²) in [5.41, 5.74) is 8.31. The molecule has 0 saturated carbocycles. The number of halogens is 2. The molecule has 0 aliphatic rings. The fourth-order valence-corrected chi connectivity index (χ4v) is 6.83. The van der Waals surface area contributed by atoms with E-state index in [1.807, 2.05) is 66.7 Å². The van der Waals surface area contributed by atoms with Gasteiger partial charge in [0.2, 0.25) is 5.91 Å². The molecule has 2 N–H and O–H groups in total. The van der Waals surface area contributed by atoms with E-state index >= 15 is 8.78 Å². The van der Waals surface area contributed by atoms with Crippen LogP contribution in [0.5, 0.6) is 0 Å². The Morgan fingerprint density at radius 1 is 1.03 bits per heavy atom. The molecule has 6 heteroatoms. The zero-order valence-electron chi connectivity index (χ0n) is 21.5. The molecule has 0 saturated heterocycles. The van der Waals surface area contributed by atoms with Crippen LogP contribution in [-0.4, -0.2) is 20.1 Å². The maximum absolute atomic E-state index is 15.9. The summed E-state index contributed by atoms with van der Waals surface area (Å²) < 4.78 is 38.1. The minimum absolute atomic E-state index is 0.205. The molecule has 186 valence electrons. The van der Waals surface area contributed by atoms with Crippen LogP contribution in [0, 0.1) is 6.92 Å². The van der Waals surface area contributed by atoms with Gasteiger partial charge in [-0.1, -0.05) is 89.6 Å². The average molecular weight is 488 g/mol. The number of amides is 1. The highest BCUT2D eigenvalue weighted by molar-refractivity contribution is 6.73. The summed E-state index contributed by atoms with van der Waals surface area (Å²) in [4.78, 5) is 12.0. The smallest absolute Gasteiger partial charge is 0.295 e. The van der Waals surface area contributed by atoms with Crippen LogP contribution in [0.25, 0.3) is 6.08 Å². The van der Waals surface area contributed by atoms with Crippen LogP contribution in [0.4, 0.5) is 8.78 Å². The summed E-state index contributed by atoms with van der Waals surface area (Å²) in [6.07, 6.45) is 0.775. The predicted octanol–water partition coefficient (Wildman–Crippen LogP) is 7.80. The number of alkyl halides is 2. The van der Waals surface area contributed by atoms with Gasteiger partial charge < -0.3 is 10.2 Å².